The van der Waals surface area contributed by atoms with E-state index in [4.69, 9.17) is 11.6 Å². The van der Waals surface area contributed by atoms with Crippen molar-refractivity contribution >= 4 is 37.6 Å². The van der Waals surface area contributed by atoms with Crippen LogP contribution in [0.2, 0.25) is 5.02 Å². The summed E-state index contributed by atoms with van der Waals surface area (Å²) in [6.45, 7) is 1.67. The van der Waals surface area contributed by atoms with Crippen LogP contribution in [-0.4, -0.2) is 39.4 Å². The normalized spacial score (nSPS) is 20.5. The molecule has 1 atom stereocenters. The Morgan fingerprint density at radius 1 is 1.55 bits per heavy atom. The summed E-state index contributed by atoms with van der Waals surface area (Å²) in [5.41, 5.74) is 0. The van der Waals surface area contributed by atoms with Gasteiger partial charge >= 0.3 is 0 Å². The maximum absolute atomic E-state index is 13.2. The molecule has 2 rings (SSSR count). The van der Waals surface area contributed by atoms with Crippen molar-refractivity contribution in [2.75, 3.05) is 26.7 Å². The fourth-order valence-corrected chi connectivity index (χ4v) is 5.66. The second-order valence-electron chi connectivity index (χ2n) is 4.77. The molecule has 1 unspecified atom stereocenters. The average Bonchev–Trinajstić information content (AvgIpc) is 2.76. The Hall–Kier alpha value is -0.210. The molecule has 1 aromatic carbocycles. The predicted molar refractivity (Wildman–Crippen MR) is 79.9 cm³/mol. The molecule has 1 heterocycles. The third kappa shape index (κ3) is 3.17. The Kier molecular flexibility index (Phi) is 5.07. The van der Waals surface area contributed by atoms with Gasteiger partial charge in [-0.25, -0.2) is 12.8 Å². The smallest absolute Gasteiger partial charge is 0.245 e. The maximum Gasteiger partial charge on any atom is 0.245 e. The van der Waals surface area contributed by atoms with Gasteiger partial charge in [0, 0.05) is 17.6 Å². The lowest BCUT2D eigenvalue weighted by atomic mass is 10.1. The van der Waals surface area contributed by atoms with Gasteiger partial charge in [0.05, 0.1) is 5.02 Å². The minimum atomic E-state index is -3.71. The van der Waals surface area contributed by atoms with Crippen molar-refractivity contribution in [1.82, 2.24) is 9.62 Å². The zero-order valence-corrected chi connectivity index (χ0v) is 14.0. The Balaban J connectivity index is 2.33. The van der Waals surface area contributed by atoms with E-state index in [0.717, 1.165) is 25.1 Å². The van der Waals surface area contributed by atoms with Gasteiger partial charge in [0.1, 0.15) is 10.7 Å². The Morgan fingerprint density at radius 3 is 2.85 bits per heavy atom. The van der Waals surface area contributed by atoms with Gasteiger partial charge in [0.15, 0.2) is 0 Å². The monoisotopic (exact) mass is 384 g/mol. The van der Waals surface area contributed by atoms with Crippen LogP contribution in [0.5, 0.6) is 0 Å². The lowest BCUT2D eigenvalue weighted by Crippen LogP contribution is -2.31. The zero-order valence-electron chi connectivity index (χ0n) is 10.9. The molecule has 1 aromatic rings. The highest BCUT2D eigenvalue weighted by molar-refractivity contribution is 9.10. The quantitative estimate of drug-likeness (QED) is 0.866. The van der Waals surface area contributed by atoms with Crippen molar-refractivity contribution in [2.45, 2.75) is 11.3 Å². The third-order valence-corrected chi connectivity index (χ3v) is 6.57. The number of nitrogens with zero attached hydrogens (tertiary/aromatic N) is 1. The average molecular weight is 386 g/mol. The molecule has 1 aliphatic heterocycles. The van der Waals surface area contributed by atoms with E-state index < -0.39 is 15.8 Å². The zero-order chi connectivity index (χ0) is 14.9. The molecule has 1 N–H and O–H groups in total. The molecular formula is C12H15BrClFN2O2S. The van der Waals surface area contributed by atoms with Gasteiger partial charge in [-0.3, -0.25) is 0 Å². The number of halogens is 3. The molecule has 0 aromatic heterocycles. The first kappa shape index (κ1) is 16.2. The molecule has 0 radical (unpaired) electrons. The summed E-state index contributed by atoms with van der Waals surface area (Å²) in [5.74, 6) is -0.289. The van der Waals surface area contributed by atoms with E-state index in [-0.39, 0.29) is 20.3 Å². The highest BCUT2D eigenvalue weighted by Crippen LogP contribution is 2.34. The van der Waals surface area contributed by atoms with Gasteiger partial charge in [-0.1, -0.05) is 11.6 Å². The summed E-state index contributed by atoms with van der Waals surface area (Å²) >= 11 is 8.99. The minimum Gasteiger partial charge on any atom is -0.319 e. The van der Waals surface area contributed by atoms with Crippen molar-refractivity contribution < 1.29 is 12.8 Å². The van der Waals surface area contributed by atoms with Crippen LogP contribution in [0.15, 0.2) is 21.5 Å². The second kappa shape index (κ2) is 6.27. The van der Waals surface area contributed by atoms with Crippen molar-refractivity contribution in [1.29, 1.82) is 0 Å². The topological polar surface area (TPSA) is 49.4 Å². The molecule has 0 aliphatic carbocycles. The summed E-state index contributed by atoms with van der Waals surface area (Å²) in [6.07, 6.45) is 0.802. The van der Waals surface area contributed by atoms with E-state index in [0.29, 0.717) is 13.1 Å². The third-order valence-electron chi connectivity index (χ3n) is 3.30. The van der Waals surface area contributed by atoms with Crippen molar-refractivity contribution in [3.8, 4) is 0 Å². The molecule has 4 nitrogen and oxygen atoms in total. The van der Waals surface area contributed by atoms with Crippen LogP contribution in [0, 0.1) is 11.7 Å². The fraction of sp³-hybridized carbons (Fsp3) is 0.500. The summed E-state index contributed by atoms with van der Waals surface area (Å²) in [6, 6.07) is 2.13. The number of hydrogen-bond acceptors (Lipinski definition) is 3. The Labute approximate surface area is 131 Å². The number of sulfonamides is 1. The second-order valence-corrected chi connectivity index (χ2v) is 7.91. The van der Waals surface area contributed by atoms with Gasteiger partial charge < -0.3 is 5.32 Å². The molecule has 8 heteroatoms. The Bertz CT molecular complexity index is 588. The van der Waals surface area contributed by atoms with E-state index in [1.807, 2.05) is 7.05 Å². The lowest BCUT2D eigenvalue weighted by Gasteiger charge is -2.18. The molecule has 0 spiro atoms. The van der Waals surface area contributed by atoms with Gasteiger partial charge in [-0.05, 0) is 54.0 Å². The maximum atomic E-state index is 13.2. The Morgan fingerprint density at radius 2 is 2.25 bits per heavy atom. The number of hydrogen-bond donors (Lipinski definition) is 1. The summed E-state index contributed by atoms with van der Waals surface area (Å²) in [4.78, 5) is -0.0642. The van der Waals surface area contributed by atoms with Crippen LogP contribution in [0.3, 0.4) is 0 Å². The molecule has 20 heavy (non-hydrogen) atoms. The van der Waals surface area contributed by atoms with Crippen LogP contribution in [0.1, 0.15) is 6.42 Å². The van der Waals surface area contributed by atoms with Crippen LogP contribution < -0.4 is 5.32 Å². The summed E-state index contributed by atoms with van der Waals surface area (Å²) in [5, 5.41) is 2.94. The van der Waals surface area contributed by atoms with E-state index in [1.54, 1.807) is 0 Å². The molecule has 0 amide bonds. The van der Waals surface area contributed by atoms with Gasteiger partial charge in [0.25, 0.3) is 0 Å². The summed E-state index contributed by atoms with van der Waals surface area (Å²) < 4.78 is 40.0. The number of nitrogens with one attached hydrogen (secondary N) is 1. The van der Waals surface area contributed by atoms with Gasteiger partial charge in [0.2, 0.25) is 10.0 Å². The molecule has 0 saturated carbocycles. The van der Waals surface area contributed by atoms with Gasteiger partial charge in [-0.2, -0.15) is 4.31 Å². The van der Waals surface area contributed by atoms with Crippen LogP contribution in [0.25, 0.3) is 0 Å². The molecule has 1 saturated heterocycles. The molecule has 1 aliphatic rings. The predicted octanol–water partition coefficient (Wildman–Crippen LogP) is 2.47. The minimum absolute atomic E-state index is 0.0642. The molecule has 0 bridgehead atoms. The summed E-state index contributed by atoms with van der Waals surface area (Å²) in [7, 11) is -1.87. The highest BCUT2D eigenvalue weighted by Gasteiger charge is 2.34. The van der Waals surface area contributed by atoms with Gasteiger partial charge in [-0.15, -0.1) is 0 Å². The van der Waals surface area contributed by atoms with Crippen LogP contribution in [-0.2, 0) is 10.0 Å². The first-order chi connectivity index (χ1) is 9.36. The SMILES string of the molecule is CNCC1CCN(S(=O)(=O)c2c(Cl)cc(F)cc2Br)C1. The first-order valence-corrected chi connectivity index (χ1v) is 8.76. The fourth-order valence-electron chi connectivity index (χ4n) is 2.38. The molecular weight excluding hydrogens is 371 g/mol. The van der Waals surface area contributed by atoms with Crippen molar-refractivity contribution in [3.63, 3.8) is 0 Å². The van der Waals surface area contributed by atoms with E-state index in [9.17, 15) is 12.8 Å². The van der Waals surface area contributed by atoms with Crippen LogP contribution >= 0.6 is 27.5 Å². The van der Waals surface area contributed by atoms with Crippen molar-refractivity contribution in [3.05, 3.63) is 27.4 Å². The largest absolute Gasteiger partial charge is 0.319 e. The molecule has 112 valence electrons. The highest BCUT2D eigenvalue weighted by atomic mass is 79.9. The molecule has 1 fully saturated rings. The standard InChI is InChI=1S/C12H15BrClFN2O2S/c1-16-6-8-2-3-17(7-8)20(18,19)12-10(13)4-9(15)5-11(12)14/h4-5,8,16H,2-3,6-7H2,1H3. The van der Waals surface area contributed by atoms with Crippen LogP contribution in [0.4, 0.5) is 4.39 Å². The lowest BCUT2D eigenvalue weighted by molar-refractivity contribution is 0.451. The van der Waals surface area contributed by atoms with E-state index >= 15 is 0 Å². The van der Waals surface area contributed by atoms with E-state index in [2.05, 4.69) is 21.2 Å². The van der Waals surface area contributed by atoms with E-state index in [1.165, 1.54) is 4.31 Å². The number of benzene rings is 1. The number of rotatable bonds is 4. The van der Waals surface area contributed by atoms with Crippen molar-refractivity contribution in [2.24, 2.45) is 5.92 Å². The first-order valence-electron chi connectivity index (χ1n) is 6.15.